The molecule has 3 heterocycles. The fourth-order valence-electron chi connectivity index (χ4n) is 4.07. The lowest BCUT2D eigenvalue weighted by molar-refractivity contribution is -0.137. The second-order valence-corrected chi connectivity index (χ2v) is 8.01. The Hall–Kier alpha value is -3.40. The van der Waals surface area contributed by atoms with Gasteiger partial charge in [-0.1, -0.05) is 6.07 Å². The van der Waals surface area contributed by atoms with E-state index in [4.69, 9.17) is 0 Å². The van der Waals surface area contributed by atoms with Crippen molar-refractivity contribution in [3.8, 4) is 5.82 Å². The fraction of sp³-hybridized carbons (Fsp3) is 0.348. The number of hydrogen-bond acceptors (Lipinski definition) is 5. The summed E-state index contributed by atoms with van der Waals surface area (Å²) in [4.78, 5) is 21.0. The van der Waals surface area contributed by atoms with Gasteiger partial charge in [0.1, 0.15) is 0 Å². The number of aryl methyl sites for hydroxylation is 1. The Morgan fingerprint density at radius 2 is 1.73 bits per heavy atom. The minimum Gasteiger partial charge on any atom is -0.366 e. The highest BCUT2D eigenvalue weighted by Gasteiger charge is 2.30. The Kier molecular flexibility index (Phi) is 6.37. The number of piperazine rings is 1. The second kappa shape index (κ2) is 9.22. The van der Waals surface area contributed by atoms with Gasteiger partial charge in [-0.25, -0.2) is 9.67 Å². The summed E-state index contributed by atoms with van der Waals surface area (Å²) in [5.74, 6) is 0.515. The lowest BCUT2D eigenvalue weighted by Crippen LogP contribution is -2.49. The molecule has 0 saturated carbocycles. The van der Waals surface area contributed by atoms with Crippen molar-refractivity contribution >= 4 is 17.3 Å². The molecule has 0 unspecified atom stereocenters. The molecule has 174 valence electrons. The first-order chi connectivity index (χ1) is 15.7. The van der Waals surface area contributed by atoms with Crippen LogP contribution >= 0.6 is 0 Å². The Morgan fingerprint density at radius 3 is 2.33 bits per heavy atom. The molecule has 1 aliphatic rings. The van der Waals surface area contributed by atoms with Crippen molar-refractivity contribution in [2.75, 3.05) is 42.9 Å². The van der Waals surface area contributed by atoms with Crippen molar-refractivity contribution in [2.45, 2.75) is 20.0 Å². The molecule has 4 rings (SSSR count). The Bertz CT molecular complexity index is 1100. The average Bonchev–Trinajstić information content (AvgIpc) is 3.08. The molecule has 1 fully saturated rings. The summed E-state index contributed by atoms with van der Waals surface area (Å²) >= 11 is 0. The predicted octanol–water partition coefficient (Wildman–Crippen LogP) is 3.66. The normalized spacial score (nSPS) is 15.0. The highest BCUT2D eigenvalue weighted by Crippen LogP contribution is 2.30. The number of hydrogen-bond donors (Lipinski definition) is 1. The highest BCUT2D eigenvalue weighted by atomic mass is 19.4. The van der Waals surface area contributed by atoms with Crippen LogP contribution in [-0.4, -0.2) is 58.3 Å². The first kappa shape index (κ1) is 22.8. The number of rotatable bonds is 5. The number of amides is 1. The van der Waals surface area contributed by atoms with Gasteiger partial charge in [-0.2, -0.15) is 18.3 Å². The number of carbonyl (C=O) groups is 1. The quantitative estimate of drug-likeness (QED) is 0.632. The van der Waals surface area contributed by atoms with Crippen LogP contribution in [0.4, 0.5) is 24.5 Å². The lowest BCUT2D eigenvalue weighted by Gasteiger charge is -2.35. The van der Waals surface area contributed by atoms with Crippen LogP contribution in [0, 0.1) is 13.8 Å². The minimum absolute atomic E-state index is 0.181. The van der Waals surface area contributed by atoms with Gasteiger partial charge < -0.3 is 10.2 Å². The van der Waals surface area contributed by atoms with Gasteiger partial charge in [0.05, 0.1) is 29.2 Å². The van der Waals surface area contributed by atoms with Crippen LogP contribution in [0.25, 0.3) is 5.82 Å². The zero-order valence-electron chi connectivity index (χ0n) is 18.4. The Labute approximate surface area is 189 Å². The van der Waals surface area contributed by atoms with Crippen LogP contribution in [0.3, 0.4) is 0 Å². The van der Waals surface area contributed by atoms with E-state index in [1.54, 1.807) is 6.20 Å². The molecular weight excluding hydrogens is 433 g/mol. The highest BCUT2D eigenvalue weighted by molar-refractivity contribution is 5.92. The number of aromatic nitrogens is 3. The number of pyridine rings is 1. The molecular formula is C23H25F3N6O. The molecule has 10 heteroatoms. The SMILES string of the molecule is Cc1nn(-c2ccccn2)c(C)c1N1CCN(CC(=O)Nc2ccc(C(F)(F)F)cc2)CC1. The number of nitrogens with zero attached hydrogens (tertiary/aromatic N) is 5. The maximum atomic E-state index is 12.7. The van der Waals surface area contributed by atoms with Crippen molar-refractivity contribution in [2.24, 2.45) is 0 Å². The van der Waals surface area contributed by atoms with Crippen LogP contribution in [0.5, 0.6) is 0 Å². The molecule has 1 N–H and O–H groups in total. The molecule has 0 spiro atoms. The molecule has 33 heavy (non-hydrogen) atoms. The van der Waals surface area contributed by atoms with Gasteiger partial charge in [0, 0.05) is 38.1 Å². The third-order valence-electron chi connectivity index (χ3n) is 5.67. The summed E-state index contributed by atoms with van der Waals surface area (Å²) in [5, 5.41) is 7.32. The minimum atomic E-state index is -4.40. The molecule has 0 bridgehead atoms. The largest absolute Gasteiger partial charge is 0.416 e. The fourth-order valence-corrected chi connectivity index (χ4v) is 4.07. The van der Waals surface area contributed by atoms with Gasteiger partial charge in [0.15, 0.2) is 5.82 Å². The van der Waals surface area contributed by atoms with Gasteiger partial charge in [-0.05, 0) is 50.2 Å². The predicted molar refractivity (Wildman–Crippen MR) is 120 cm³/mol. The van der Waals surface area contributed by atoms with Gasteiger partial charge in [-0.3, -0.25) is 9.69 Å². The number of anilines is 2. The third kappa shape index (κ3) is 5.16. The van der Waals surface area contributed by atoms with E-state index in [0.29, 0.717) is 18.8 Å². The van der Waals surface area contributed by atoms with Crippen molar-refractivity contribution in [3.63, 3.8) is 0 Å². The summed E-state index contributed by atoms with van der Waals surface area (Å²) < 4.78 is 39.9. The van der Waals surface area contributed by atoms with E-state index < -0.39 is 11.7 Å². The molecule has 1 saturated heterocycles. The van der Waals surface area contributed by atoms with E-state index in [9.17, 15) is 18.0 Å². The van der Waals surface area contributed by atoms with Crippen molar-refractivity contribution in [1.82, 2.24) is 19.7 Å². The van der Waals surface area contributed by atoms with Crippen molar-refractivity contribution in [3.05, 3.63) is 65.6 Å². The molecule has 1 aromatic carbocycles. The lowest BCUT2D eigenvalue weighted by atomic mass is 10.2. The molecule has 0 atom stereocenters. The molecule has 7 nitrogen and oxygen atoms in total. The Balaban J connectivity index is 1.33. The third-order valence-corrected chi connectivity index (χ3v) is 5.67. The van der Waals surface area contributed by atoms with E-state index in [1.807, 2.05) is 41.6 Å². The zero-order valence-corrected chi connectivity index (χ0v) is 18.4. The van der Waals surface area contributed by atoms with Crippen LogP contribution in [0.2, 0.25) is 0 Å². The summed E-state index contributed by atoms with van der Waals surface area (Å²) in [6.07, 6.45) is -2.66. The van der Waals surface area contributed by atoms with Crippen LogP contribution < -0.4 is 10.2 Å². The molecule has 1 aliphatic heterocycles. The number of carbonyl (C=O) groups excluding carboxylic acids is 1. The average molecular weight is 458 g/mol. The summed E-state index contributed by atoms with van der Waals surface area (Å²) in [5.41, 5.74) is 2.62. The zero-order chi connectivity index (χ0) is 23.6. The number of alkyl halides is 3. The van der Waals surface area contributed by atoms with Crippen LogP contribution in [0.1, 0.15) is 17.0 Å². The first-order valence-electron chi connectivity index (χ1n) is 10.6. The Morgan fingerprint density at radius 1 is 1.03 bits per heavy atom. The van der Waals surface area contributed by atoms with Gasteiger partial charge in [-0.15, -0.1) is 0 Å². The molecule has 0 radical (unpaired) electrons. The summed E-state index contributed by atoms with van der Waals surface area (Å²) in [6, 6.07) is 10.2. The monoisotopic (exact) mass is 458 g/mol. The first-order valence-corrected chi connectivity index (χ1v) is 10.6. The van der Waals surface area contributed by atoms with Crippen LogP contribution in [0.15, 0.2) is 48.7 Å². The maximum absolute atomic E-state index is 12.7. The number of halogens is 3. The molecule has 2 aromatic heterocycles. The molecule has 3 aromatic rings. The van der Waals surface area contributed by atoms with Gasteiger partial charge >= 0.3 is 6.18 Å². The van der Waals surface area contributed by atoms with E-state index in [1.165, 1.54) is 12.1 Å². The second-order valence-electron chi connectivity index (χ2n) is 8.01. The molecule has 1 amide bonds. The molecule has 0 aliphatic carbocycles. The number of benzene rings is 1. The summed E-state index contributed by atoms with van der Waals surface area (Å²) in [6.45, 7) is 7.04. The number of nitrogens with one attached hydrogen (secondary N) is 1. The van der Waals surface area contributed by atoms with Crippen molar-refractivity contribution in [1.29, 1.82) is 0 Å². The van der Waals surface area contributed by atoms with Crippen molar-refractivity contribution < 1.29 is 18.0 Å². The van der Waals surface area contributed by atoms with Crippen LogP contribution in [-0.2, 0) is 11.0 Å². The standard InChI is InChI=1S/C23H25F3N6O/c1-16-22(17(2)32(29-16)20-5-3-4-10-27-20)31-13-11-30(12-14-31)15-21(33)28-19-8-6-18(7-9-19)23(24,25)26/h3-10H,11-15H2,1-2H3,(H,28,33). The maximum Gasteiger partial charge on any atom is 0.416 e. The smallest absolute Gasteiger partial charge is 0.366 e. The van der Waals surface area contributed by atoms with E-state index in [2.05, 4.69) is 20.3 Å². The van der Waals surface area contributed by atoms with E-state index >= 15 is 0 Å². The summed E-state index contributed by atoms with van der Waals surface area (Å²) in [7, 11) is 0. The topological polar surface area (TPSA) is 66.3 Å². The van der Waals surface area contributed by atoms with Gasteiger partial charge in [0.2, 0.25) is 5.91 Å². The van der Waals surface area contributed by atoms with E-state index in [0.717, 1.165) is 48.1 Å². The van der Waals surface area contributed by atoms with Gasteiger partial charge in [0.25, 0.3) is 0 Å². The van der Waals surface area contributed by atoms with E-state index in [-0.39, 0.29) is 12.5 Å².